The maximum Gasteiger partial charge on any atom is 0.333 e. The van der Waals surface area contributed by atoms with Crippen LogP contribution < -0.4 is 0 Å². The Bertz CT molecular complexity index is 671. The fourth-order valence-electron chi connectivity index (χ4n) is 1.86. The second-order valence-corrected chi connectivity index (χ2v) is 10.2. The number of hydrogen-bond donors (Lipinski definition) is 1. The summed E-state index contributed by atoms with van der Waals surface area (Å²) in [7, 11) is -0.677. The summed E-state index contributed by atoms with van der Waals surface area (Å²) in [4.78, 5) is 53.0. The second kappa shape index (κ2) is 9.38. The minimum atomic E-state index is -3.49. The third-order valence-corrected chi connectivity index (χ3v) is 7.58. The van der Waals surface area contributed by atoms with Crippen molar-refractivity contribution in [3.05, 3.63) is 24.4 Å². The van der Waals surface area contributed by atoms with Crippen molar-refractivity contribution >= 4 is 46.7 Å². The summed E-state index contributed by atoms with van der Waals surface area (Å²) in [6, 6.07) is 5.50. The van der Waals surface area contributed by atoms with Gasteiger partial charge in [0.1, 0.15) is 5.03 Å². The Labute approximate surface area is 152 Å². The molecule has 0 spiro atoms. The van der Waals surface area contributed by atoms with E-state index in [0.717, 1.165) is 5.03 Å². The van der Waals surface area contributed by atoms with Crippen molar-refractivity contribution in [2.75, 3.05) is 18.1 Å². The molecule has 0 aliphatic carbocycles. The molecule has 1 fully saturated rings. The number of imide groups is 1. The van der Waals surface area contributed by atoms with Gasteiger partial charge in [-0.05, 0) is 22.9 Å². The van der Waals surface area contributed by atoms with Crippen LogP contribution in [0.2, 0.25) is 0 Å². The monoisotopic (exact) mass is 404 g/mol. The fraction of sp³-hybridized carbons (Fsp3) is 0.429. The number of aromatic nitrogens is 1. The summed E-state index contributed by atoms with van der Waals surface area (Å²) in [6.45, 7) is 0. The second-order valence-electron chi connectivity index (χ2n) is 5.16. The third kappa shape index (κ3) is 6.81. The molecule has 1 aromatic heterocycles. The van der Waals surface area contributed by atoms with Crippen LogP contribution in [0.1, 0.15) is 19.3 Å². The lowest BCUT2D eigenvalue weighted by molar-refractivity contribution is -0.197. The first-order valence-electron chi connectivity index (χ1n) is 7.45. The highest BCUT2D eigenvalue weighted by Gasteiger charge is 2.33. The summed E-state index contributed by atoms with van der Waals surface area (Å²) in [6.07, 6.45) is 1.15. The highest BCUT2D eigenvalue weighted by molar-refractivity contribution is 8.76. The molecule has 1 aliphatic rings. The Balaban J connectivity index is 1.66. The molecule has 11 heteroatoms. The minimum Gasteiger partial charge on any atom is -0.344 e. The van der Waals surface area contributed by atoms with E-state index in [1.54, 1.807) is 12.3 Å². The average molecular weight is 404 g/mol. The topological polar surface area (TPSA) is 114 Å². The number of nitrogens with zero attached hydrogens (tertiary/aromatic N) is 2. The van der Waals surface area contributed by atoms with Crippen LogP contribution in [-0.4, -0.2) is 50.8 Å². The summed E-state index contributed by atoms with van der Waals surface area (Å²) in [5.41, 5.74) is 0. The number of carbonyl (C=O) groups excluding carboxylic acids is 3. The lowest BCUT2D eigenvalue weighted by atomic mass is 10.4. The highest BCUT2D eigenvalue weighted by atomic mass is 33.1. The van der Waals surface area contributed by atoms with Crippen LogP contribution in [-0.2, 0) is 23.8 Å². The third-order valence-electron chi connectivity index (χ3n) is 3.17. The molecule has 25 heavy (non-hydrogen) atoms. The zero-order chi connectivity index (χ0) is 18.3. The Morgan fingerprint density at radius 3 is 2.64 bits per heavy atom. The molecule has 136 valence electrons. The molecule has 1 unspecified atom stereocenters. The number of hydroxylamine groups is 2. The predicted molar refractivity (Wildman–Crippen MR) is 93.9 cm³/mol. The van der Waals surface area contributed by atoms with Gasteiger partial charge in [-0.1, -0.05) is 16.9 Å². The molecule has 0 saturated carbocycles. The van der Waals surface area contributed by atoms with E-state index in [1.165, 1.54) is 21.6 Å². The molecule has 2 rings (SSSR count). The van der Waals surface area contributed by atoms with Gasteiger partial charge in [0.25, 0.3) is 11.8 Å². The van der Waals surface area contributed by atoms with E-state index >= 15 is 0 Å². The van der Waals surface area contributed by atoms with Crippen molar-refractivity contribution in [3.63, 3.8) is 0 Å². The maximum absolute atomic E-state index is 12.1. The lowest BCUT2D eigenvalue weighted by Gasteiger charge is -2.14. The van der Waals surface area contributed by atoms with Crippen LogP contribution in [0.5, 0.6) is 0 Å². The van der Waals surface area contributed by atoms with Crippen molar-refractivity contribution in [1.29, 1.82) is 0 Å². The van der Waals surface area contributed by atoms with Gasteiger partial charge in [0.15, 0.2) is 0 Å². The van der Waals surface area contributed by atoms with Crippen molar-refractivity contribution in [1.82, 2.24) is 10.0 Å². The molecule has 8 nitrogen and oxygen atoms in total. The Hall–Kier alpha value is -1.35. The van der Waals surface area contributed by atoms with Crippen LogP contribution in [0.4, 0.5) is 0 Å². The first-order chi connectivity index (χ1) is 11.9. The molecular formula is C14H17N2O6PS2. The van der Waals surface area contributed by atoms with Gasteiger partial charge in [-0.2, -0.15) is 0 Å². The van der Waals surface area contributed by atoms with Crippen molar-refractivity contribution in [2.45, 2.75) is 24.3 Å². The normalized spacial score (nSPS) is 16.8. The van der Waals surface area contributed by atoms with E-state index in [1.807, 2.05) is 12.1 Å². The smallest absolute Gasteiger partial charge is 0.333 e. The summed E-state index contributed by atoms with van der Waals surface area (Å²) in [5, 5.41) is 1.24. The van der Waals surface area contributed by atoms with Crippen LogP contribution in [0.25, 0.3) is 0 Å². The number of rotatable bonds is 9. The van der Waals surface area contributed by atoms with Gasteiger partial charge >= 0.3 is 5.97 Å². The Morgan fingerprint density at radius 1 is 1.28 bits per heavy atom. The van der Waals surface area contributed by atoms with E-state index < -0.39 is 25.2 Å². The standard InChI is InChI=1S/C14H17N2O6PS2/c17-12-4-5-13(18)16(12)22-14(19)6-8-23(20,21)9-10-24-25-11-3-1-2-7-15-11/h1-3,7H,4-6,8-10H2,(H,20,21). The van der Waals surface area contributed by atoms with Gasteiger partial charge in [-0.15, -0.1) is 5.06 Å². The molecule has 1 aliphatic heterocycles. The quantitative estimate of drug-likeness (QED) is 0.286. The van der Waals surface area contributed by atoms with Crippen molar-refractivity contribution in [2.24, 2.45) is 0 Å². The van der Waals surface area contributed by atoms with Crippen molar-refractivity contribution < 1.29 is 28.7 Å². The first-order valence-corrected chi connectivity index (χ1v) is 11.8. The molecule has 0 bridgehead atoms. The molecule has 2 amide bonds. The predicted octanol–water partition coefficient (Wildman–Crippen LogP) is 2.09. The van der Waals surface area contributed by atoms with Gasteiger partial charge in [0.05, 0.1) is 6.42 Å². The Morgan fingerprint density at radius 2 is 2.00 bits per heavy atom. The van der Waals surface area contributed by atoms with Crippen LogP contribution >= 0.6 is 29.0 Å². The first kappa shape index (κ1) is 20.0. The van der Waals surface area contributed by atoms with E-state index in [0.29, 0.717) is 10.8 Å². The molecule has 1 aromatic rings. The summed E-state index contributed by atoms with van der Waals surface area (Å²) in [5.74, 6) is -1.59. The maximum atomic E-state index is 12.1. The minimum absolute atomic E-state index is 0.00969. The van der Waals surface area contributed by atoms with Gasteiger partial charge in [-0.3, -0.25) is 14.2 Å². The van der Waals surface area contributed by atoms with E-state index in [9.17, 15) is 23.8 Å². The van der Waals surface area contributed by atoms with Crippen LogP contribution in [0.15, 0.2) is 29.4 Å². The van der Waals surface area contributed by atoms with Crippen molar-refractivity contribution in [3.8, 4) is 0 Å². The molecule has 1 atom stereocenters. The lowest BCUT2D eigenvalue weighted by Crippen LogP contribution is -2.32. The van der Waals surface area contributed by atoms with E-state index in [-0.39, 0.29) is 31.6 Å². The zero-order valence-corrected chi connectivity index (χ0v) is 15.7. The Kier molecular flexibility index (Phi) is 7.49. The van der Waals surface area contributed by atoms with Gasteiger partial charge in [0.2, 0.25) is 7.37 Å². The number of amides is 2. The number of hydrogen-bond acceptors (Lipinski definition) is 8. The largest absolute Gasteiger partial charge is 0.344 e. The molecule has 1 N–H and O–H groups in total. The number of pyridine rings is 1. The summed E-state index contributed by atoms with van der Waals surface area (Å²) >= 11 is 0. The molecule has 0 radical (unpaired) electrons. The van der Waals surface area contributed by atoms with E-state index in [2.05, 4.69) is 9.82 Å². The van der Waals surface area contributed by atoms with Gasteiger partial charge in [0, 0.05) is 37.1 Å². The highest BCUT2D eigenvalue weighted by Crippen LogP contribution is 2.43. The number of carbonyl (C=O) groups is 3. The zero-order valence-electron chi connectivity index (χ0n) is 13.2. The summed E-state index contributed by atoms with van der Waals surface area (Å²) < 4.78 is 12.1. The average Bonchev–Trinajstić information content (AvgIpc) is 2.90. The fourth-order valence-corrected chi connectivity index (χ4v) is 6.08. The molecular weight excluding hydrogens is 387 g/mol. The van der Waals surface area contributed by atoms with Gasteiger partial charge < -0.3 is 9.73 Å². The van der Waals surface area contributed by atoms with Gasteiger partial charge in [-0.25, -0.2) is 9.78 Å². The van der Waals surface area contributed by atoms with Crippen LogP contribution in [0, 0.1) is 0 Å². The van der Waals surface area contributed by atoms with E-state index in [4.69, 9.17) is 0 Å². The molecule has 0 aromatic carbocycles. The SMILES string of the molecule is O=C(CCP(=O)(O)CCSSc1ccccn1)ON1C(=O)CCC1=O. The molecule has 2 heterocycles. The molecule has 1 saturated heterocycles. The van der Waals surface area contributed by atoms with Crippen LogP contribution in [0.3, 0.4) is 0 Å².